The van der Waals surface area contributed by atoms with E-state index in [1.165, 1.54) is 24.3 Å². The Hall–Kier alpha value is -0.670. The van der Waals surface area contributed by atoms with Crippen molar-refractivity contribution < 1.29 is 21.9 Å². The van der Waals surface area contributed by atoms with Crippen LogP contribution in [0.3, 0.4) is 0 Å². The smallest absolute Gasteiger partial charge is 0.243 e. The quantitative estimate of drug-likeness (QED) is 0.851. The molecule has 0 bridgehead atoms. The highest BCUT2D eigenvalue weighted by Gasteiger charge is 2.44. The summed E-state index contributed by atoms with van der Waals surface area (Å²) < 4.78 is 49.4. The van der Waals surface area contributed by atoms with E-state index in [-0.39, 0.29) is 17.2 Å². The molecule has 118 valence electrons. The largest absolute Gasteiger partial charge is 0.390 e. The van der Waals surface area contributed by atoms with E-state index < -0.39 is 37.8 Å². The van der Waals surface area contributed by atoms with E-state index >= 15 is 0 Å². The van der Waals surface area contributed by atoms with Gasteiger partial charge in [-0.3, -0.25) is 0 Å². The van der Waals surface area contributed by atoms with Gasteiger partial charge in [0.05, 0.1) is 28.5 Å². The summed E-state index contributed by atoms with van der Waals surface area (Å²) in [6, 6.07) is 4.65. The van der Waals surface area contributed by atoms with Crippen molar-refractivity contribution >= 4 is 31.5 Å². The van der Waals surface area contributed by atoms with Crippen molar-refractivity contribution in [3.63, 3.8) is 0 Å². The third-order valence-corrected chi connectivity index (χ3v) is 7.36. The van der Waals surface area contributed by atoms with E-state index in [9.17, 15) is 21.9 Å². The van der Waals surface area contributed by atoms with E-state index in [0.29, 0.717) is 5.02 Å². The lowest BCUT2D eigenvalue weighted by Crippen LogP contribution is -2.46. The summed E-state index contributed by atoms with van der Waals surface area (Å²) in [7, 11) is -7.31. The number of hydrogen-bond donors (Lipinski definition) is 1. The molecular formula is C12H16ClNO5S2. The molecule has 1 aliphatic heterocycles. The van der Waals surface area contributed by atoms with Gasteiger partial charge in [-0.2, -0.15) is 4.31 Å². The summed E-state index contributed by atoms with van der Waals surface area (Å²) in [5.41, 5.74) is 0. The molecule has 6 nitrogen and oxygen atoms in total. The zero-order valence-corrected chi connectivity index (χ0v) is 13.7. The first-order chi connectivity index (χ1) is 9.67. The highest BCUT2D eigenvalue weighted by atomic mass is 35.5. The monoisotopic (exact) mass is 353 g/mol. The number of halogens is 1. The highest BCUT2D eigenvalue weighted by molar-refractivity contribution is 7.92. The number of aliphatic hydroxyl groups excluding tert-OH is 1. The van der Waals surface area contributed by atoms with Crippen molar-refractivity contribution in [3.05, 3.63) is 29.3 Å². The van der Waals surface area contributed by atoms with Crippen LogP contribution in [-0.2, 0) is 19.9 Å². The SMILES string of the molecule is CCN([C@@H]1CS(=O)(=O)C[C@@H]1O)S(=O)(=O)c1ccc(Cl)cc1. The number of likely N-dealkylation sites (N-methyl/N-ethyl adjacent to an activating group) is 1. The van der Waals surface area contributed by atoms with E-state index in [1.54, 1.807) is 6.92 Å². The lowest BCUT2D eigenvalue weighted by Gasteiger charge is -2.28. The maximum Gasteiger partial charge on any atom is 0.243 e. The first-order valence-corrected chi connectivity index (χ1v) is 9.97. The van der Waals surface area contributed by atoms with E-state index in [4.69, 9.17) is 11.6 Å². The Labute approximate surface area is 129 Å². The molecule has 0 spiro atoms. The molecule has 1 aliphatic rings. The predicted molar refractivity (Wildman–Crippen MR) is 79.5 cm³/mol. The number of sulfone groups is 1. The minimum Gasteiger partial charge on any atom is -0.390 e. The molecule has 2 atom stereocenters. The number of nitrogens with zero attached hydrogens (tertiary/aromatic N) is 1. The second kappa shape index (κ2) is 5.85. The van der Waals surface area contributed by atoms with Crippen molar-refractivity contribution in [1.29, 1.82) is 0 Å². The molecule has 1 fully saturated rings. The van der Waals surface area contributed by atoms with Crippen LogP contribution in [0.25, 0.3) is 0 Å². The molecule has 0 amide bonds. The topological polar surface area (TPSA) is 91.8 Å². The van der Waals surface area contributed by atoms with Crippen LogP contribution >= 0.6 is 11.6 Å². The molecule has 0 aliphatic carbocycles. The van der Waals surface area contributed by atoms with Crippen molar-refractivity contribution in [2.45, 2.75) is 24.0 Å². The Morgan fingerprint density at radius 2 is 1.86 bits per heavy atom. The predicted octanol–water partition coefficient (Wildman–Crippen LogP) is 0.509. The number of rotatable bonds is 4. The molecule has 0 unspecified atom stereocenters. The normalized spacial score (nSPS) is 25.3. The Balaban J connectivity index is 2.39. The van der Waals surface area contributed by atoms with Gasteiger partial charge >= 0.3 is 0 Å². The number of hydrogen-bond acceptors (Lipinski definition) is 5. The Kier molecular flexibility index (Phi) is 4.65. The van der Waals surface area contributed by atoms with Crippen molar-refractivity contribution in [1.82, 2.24) is 4.31 Å². The van der Waals surface area contributed by atoms with Crippen LogP contribution in [0.15, 0.2) is 29.2 Å². The maximum absolute atomic E-state index is 12.6. The second-order valence-corrected chi connectivity index (χ2v) is 9.35. The zero-order valence-electron chi connectivity index (χ0n) is 11.3. The van der Waals surface area contributed by atoms with E-state index in [1.807, 2.05) is 0 Å². The van der Waals surface area contributed by atoms with Crippen LogP contribution in [0.4, 0.5) is 0 Å². The molecule has 2 rings (SSSR count). The van der Waals surface area contributed by atoms with Crippen LogP contribution in [0, 0.1) is 0 Å². The van der Waals surface area contributed by atoms with Crippen LogP contribution in [0.5, 0.6) is 0 Å². The second-order valence-electron chi connectivity index (χ2n) is 4.87. The summed E-state index contributed by atoms with van der Waals surface area (Å²) in [6.07, 6.45) is -1.21. The summed E-state index contributed by atoms with van der Waals surface area (Å²) >= 11 is 5.74. The Morgan fingerprint density at radius 3 is 2.29 bits per heavy atom. The van der Waals surface area contributed by atoms with Gasteiger partial charge in [-0.15, -0.1) is 0 Å². The van der Waals surface area contributed by atoms with E-state index in [2.05, 4.69) is 0 Å². The average molecular weight is 354 g/mol. The van der Waals surface area contributed by atoms with Gasteiger partial charge in [0.2, 0.25) is 10.0 Å². The molecule has 0 saturated carbocycles. The van der Waals surface area contributed by atoms with Crippen molar-refractivity contribution in [3.8, 4) is 0 Å². The number of sulfonamides is 1. The molecule has 1 aromatic rings. The maximum atomic E-state index is 12.6. The summed E-state index contributed by atoms with van der Waals surface area (Å²) in [5.74, 6) is -0.779. The standard InChI is InChI=1S/C12H16ClNO5S2/c1-2-14(11-7-20(16,17)8-12(11)15)21(18,19)10-5-3-9(13)4-6-10/h3-6,11-12,15H,2,7-8H2,1H3/t11-,12+/m1/s1. The zero-order chi connectivity index (χ0) is 15.8. The molecule has 0 aromatic heterocycles. The van der Waals surface area contributed by atoms with Gasteiger partial charge < -0.3 is 5.11 Å². The highest BCUT2D eigenvalue weighted by Crippen LogP contribution is 2.25. The van der Waals surface area contributed by atoms with Crippen molar-refractivity contribution in [2.24, 2.45) is 0 Å². The minimum atomic E-state index is -3.88. The van der Waals surface area contributed by atoms with Gasteiger partial charge in [0, 0.05) is 11.6 Å². The van der Waals surface area contributed by atoms with Gasteiger partial charge in [-0.25, -0.2) is 16.8 Å². The first-order valence-electron chi connectivity index (χ1n) is 6.33. The Morgan fingerprint density at radius 1 is 1.29 bits per heavy atom. The fourth-order valence-electron chi connectivity index (χ4n) is 2.41. The van der Waals surface area contributed by atoms with Crippen LogP contribution in [0.1, 0.15) is 6.92 Å². The number of benzene rings is 1. The molecular weight excluding hydrogens is 338 g/mol. The third-order valence-electron chi connectivity index (χ3n) is 3.40. The van der Waals surface area contributed by atoms with Gasteiger partial charge in [0.25, 0.3) is 0 Å². The van der Waals surface area contributed by atoms with Crippen LogP contribution < -0.4 is 0 Å². The molecule has 1 saturated heterocycles. The van der Waals surface area contributed by atoms with E-state index in [0.717, 1.165) is 4.31 Å². The lowest BCUT2D eigenvalue weighted by atomic mass is 10.2. The number of aliphatic hydroxyl groups is 1. The Bertz CT molecular complexity index is 715. The van der Waals surface area contributed by atoms with Gasteiger partial charge in [0.15, 0.2) is 9.84 Å². The molecule has 9 heteroatoms. The molecule has 1 aromatic carbocycles. The first kappa shape index (κ1) is 16.7. The molecule has 1 heterocycles. The van der Waals surface area contributed by atoms with Gasteiger partial charge in [-0.05, 0) is 24.3 Å². The van der Waals surface area contributed by atoms with Crippen LogP contribution in [0.2, 0.25) is 5.02 Å². The molecule has 0 radical (unpaired) electrons. The fraction of sp³-hybridized carbons (Fsp3) is 0.500. The van der Waals surface area contributed by atoms with Crippen LogP contribution in [-0.4, -0.2) is 56.4 Å². The van der Waals surface area contributed by atoms with Gasteiger partial charge in [0.1, 0.15) is 0 Å². The lowest BCUT2D eigenvalue weighted by molar-refractivity contribution is 0.130. The van der Waals surface area contributed by atoms with Crippen molar-refractivity contribution in [2.75, 3.05) is 18.1 Å². The summed E-state index contributed by atoms with van der Waals surface area (Å²) in [4.78, 5) is 0.0187. The van der Waals surface area contributed by atoms with Gasteiger partial charge in [-0.1, -0.05) is 18.5 Å². The minimum absolute atomic E-state index is 0.0187. The molecule has 1 N–H and O–H groups in total. The average Bonchev–Trinajstić information content (AvgIpc) is 2.64. The fourth-order valence-corrected chi connectivity index (χ4v) is 6.09. The molecule has 21 heavy (non-hydrogen) atoms. The summed E-state index contributed by atoms with van der Waals surface area (Å²) in [5, 5.41) is 10.3. The summed E-state index contributed by atoms with van der Waals surface area (Å²) in [6.45, 7) is 1.67. The third kappa shape index (κ3) is 3.40.